The van der Waals surface area contributed by atoms with Gasteiger partial charge in [0.05, 0.1) is 23.2 Å². The van der Waals surface area contributed by atoms with Crippen molar-refractivity contribution in [3.8, 4) is 0 Å². The summed E-state index contributed by atoms with van der Waals surface area (Å²) in [6, 6.07) is -0.620. The molecular formula is C24H38N2O5S. The van der Waals surface area contributed by atoms with E-state index in [4.69, 9.17) is 9.84 Å². The van der Waals surface area contributed by atoms with Gasteiger partial charge in [-0.25, -0.2) is 0 Å². The highest BCUT2D eigenvalue weighted by Gasteiger charge is 2.77. The summed E-state index contributed by atoms with van der Waals surface area (Å²) in [5.74, 6) is -1.53. The molecule has 0 radical (unpaired) electrons. The fourth-order valence-corrected chi connectivity index (χ4v) is 8.30. The van der Waals surface area contributed by atoms with Gasteiger partial charge in [0.25, 0.3) is 0 Å². The molecule has 0 aromatic heterocycles. The van der Waals surface area contributed by atoms with Crippen molar-refractivity contribution in [1.82, 2.24) is 9.80 Å². The largest absolute Gasteiger partial charge is 0.466 e. The summed E-state index contributed by atoms with van der Waals surface area (Å²) in [5.41, 5.74) is 0. The smallest absolute Gasteiger partial charge is 0.311 e. The van der Waals surface area contributed by atoms with Crippen molar-refractivity contribution >= 4 is 29.5 Å². The Hall–Kier alpha value is -1.54. The molecule has 180 valence electrons. The fourth-order valence-electron chi connectivity index (χ4n) is 5.96. The minimum absolute atomic E-state index is 0.0256. The molecule has 2 amide bonds. The third-order valence-electron chi connectivity index (χ3n) is 7.34. The molecule has 3 saturated heterocycles. The Morgan fingerprint density at radius 2 is 2.06 bits per heavy atom. The van der Waals surface area contributed by atoms with Crippen LogP contribution in [0.4, 0.5) is 0 Å². The molecule has 32 heavy (non-hydrogen) atoms. The zero-order valence-electron chi connectivity index (χ0n) is 19.8. The number of carbonyl (C=O) groups excluding carboxylic acids is 3. The summed E-state index contributed by atoms with van der Waals surface area (Å²) in [7, 11) is 0. The standard InChI is InChI=1S/C24H38N2O5S/c1-6-13-25(16(3)4)21(29)19-24-12-11-23(5,32-24)18(22(30)31-7-2)17(24)20(28)26(19)14-9-8-10-15-27/h6,16-19,27H,1,7-15H2,2-5H3/t17-,18+,19?,23-,24?/m0/s1. The molecular weight excluding hydrogens is 428 g/mol. The second-order valence-electron chi connectivity index (χ2n) is 9.67. The van der Waals surface area contributed by atoms with Gasteiger partial charge in [-0.05, 0) is 59.8 Å². The summed E-state index contributed by atoms with van der Waals surface area (Å²) in [6.45, 7) is 12.9. The number of likely N-dealkylation sites (tertiary alicyclic amines) is 1. The van der Waals surface area contributed by atoms with Crippen molar-refractivity contribution in [2.75, 3.05) is 26.3 Å². The van der Waals surface area contributed by atoms with Crippen LogP contribution in [-0.2, 0) is 19.1 Å². The normalized spacial score (nSPS) is 33.0. The number of esters is 1. The highest BCUT2D eigenvalue weighted by atomic mass is 32.2. The second-order valence-corrected chi connectivity index (χ2v) is 11.6. The Bertz CT molecular complexity index is 759. The number of hydrogen-bond donors (Lipinski definition) is 1. The number of fused-ring (bicyclic) bond motifs is 1. The number of thioether (sulfide) groups is 1. The maximum absolute atomic E-state index is 14.0. The number of unbranched alkanes of at least 4 members (excludes halogenated alkanes) is 2. The van der Waals surface area contributed by atoms with Crippen molar-refractivity contribution in [3.63, 3.8) is 0 Å². The number of rotatable bonds is 11. The van der Waals surface area contributed by atoms with Gasteiger partial charge in [0.2, 0.25) is 11.8 Å². The SMILES string of the molecule is C=CCN(C(=O)C1N(CCCCCO)C(=O)[C@@H]2[C@H](C(=O)OCC)[C@]3(C)CCC12S3)C(C)C. The topological polar surface area (TPSA) is 87.2 Å². The van der Waals surface area contributed by atoms with Gasteiger partial charge in [-0.2, -0.15) is 0 Å². The van der Waals surface area contributed by atoms with E-state index < -0.39 is 27.4 Å². The molecule has 2 bridgehead atoms. The Morgan fingerprint density at radius 3 is 2.66 bits per heavy atom. The molecule has 5 atom stereocenters. The Balaban J connectivity index is 2.01. The highest BCUT2D eigenvalue weighted by Crippen LogP contribution is 2.71. The van der Waals surface area contributed by atoms with Crippen LogP contribution in [0.2, 0.25) is 0 Å². The maximum Gasteiger partial charge on any atom is 0.311 e. The molecule has 1 N–H and O–H groups in total. The zero-order valence-corrected chi connectivity index (χ0v) is 20.7. The molecule has 3 rings (SSSR count). The van der Waals surface area contributed by atoms with E-state index in [1.54, 1.807) is 34.6 Å². The number of aliphatic hydroxyl groups is 1. The number of nitrogens with zero attached hydrogens (tertiary/aromatic N) is 2. The van der Waals surface area contributed by atoms with Crippen LogP contribution in [0, 0.1) is 11.8 Å². The van der Waals surface area contributed by atoms with Crippen LogP contribution in [0.15, 0.2) is 12.7 Å². The van der Waals surface area contributed by atoms with Gasteiger partial charge < -0.3 is 19.6 Å². The number of aliphatic hydroxyl groups excluding tert-OH is 1. The number of hydrogen-bond acceptors (Lipinski definition) is 6. The molecule has 2 unspecified atom stereocenters. The van der Waals surface area contributed by atoms with Gasteiger partial charge in [0, 0.05) is 30.5 Å². The number of amides is 2. The summed E-state index contributed by atoms with van der Waals surface area (Å²) < 4.78 is 4.41. The molecule has 3 fully saturated rings. The lowest BCUT2D eigenvalue weighted by atomic mass is 9.66. The van der Waals surface area contributed by atoms with Crippen LogP contribution < -0.4 is 0 Å². The summed E-state index contributed by atoms with van der Waals surface area (Å²) >= 11 is 1.67. The van der Waals surface area contributed by atoms with Crippen molar-refractivity contribution in [3.05, 3.63) is 12.7 Å². The van der Waals surface area contributed by atoms with Crippen molar-refractivity contribution in [2.24, 2.45) is 11.8 Å². The van der Waals surface area contributed by atoms with E-state index >= 15 is 0 Å². The summed E-state index contributed by atoms with van der Waals surface area (Å²) in [5, 5.41) is 9.13. The second kappa shape index (κ2) is 9.75. The third kappa shape index (κ3) is 3.98. The number of carbonyl (C=O) groups is 3. The van der Waals surface area contributed by atoms with Crippen LogP contribution in [-0.4, -0.2) is 80.6 Å². The van der Waals surface area contributed by atoms with Crippen LogP contribution in [0.5, 0.6) is 0 Å². The molecule has 7 nitrogen and oxygen atoms in total. The average molecular weight is 467 g/mol. The quantitative estimate of drug-likeness (QED) is 0.286. The zero-order chi connectivity index (χ0) is 23.7. The Kier molecular flexibility index (Phi) is 7.65. The van der Waals surface area contributed by atoms with E-state index in [0.717, 1.165) is 19.3 Å². The van der Waals surface area contributed by atoms with Gasteiger partial charge in [-0.15, -0.1) is 18.3 Å². The van der Waals surface area contributed by atoms with Gasteiger partial charge in [-0.3, -0.25) is 14.4 Å². The minimum atomic E-state index is -0.606. The van der Waals surface area contributed by atoms with E-state index in [-0.39, 0.29) is 37.0 Å². The molecule has 0 aromatic rings. The van der Waals surface area contributed by atoms with E-state index in [1.165, 1.54) is 0 Å². The molecule has 1 spiro atoms. The molecule has 0 saturated carbocycles. The first-order valence-corrected chi connectivity index (χ1v) is 12.7. The van der Waals surface area contributed by atoms with E-state index in [0.29, 0.717) is 25.9 Å². The van der Waals surface area contributed by atoms with Gasteiger partial charge in [0.1, 0.15) is 6.04 Å². The van der Waals surface area contributed by atoms with Crippen molar-refractivity contribution in [1.29, 1.82) is 0 Å². The molecule has 8 heteroatoms. The summed E-state index contributed by atoms with van der Waals surface area (Å²) in [6.07, 6.45) is 5.42. The first-order chi connectivity index (χ1) is 15.2. The van der Waals surface area contributed by atoms with Crippen molar-refractivity contribution < 1.29 is 24.2 Å². The van der Waals surface area contributed by atoms with Crippen LogP contribution in [0.25, 0.3) is 0 Å². The van der Waals surface area contributed by atoms with Crippen LogP contribution in [0.1, 0.15) is 59.8 Å². The molecule has 3 aliphatic rings. The lowest BCUT2D eigenvalue weighted by Gasteiger charge is -2.38. The lowest BCUT2D eigenvalue weighted by Crippen LogP contribution is -2.56. The molecule has 3 heterocycles. The third-order valence-corrected chi connectivity index (χ3v) is 9.33. The van der Waals surface area contributed by atoms with E-state index in [2.05, 4.69) is 13.5 Å². The molecule has 0 aromatic carbocycles. The Morgan fingerprint density at radius 1 is 1.34 bits per heavy atom. The van der Waals surface area contributed by atoms with E-state index in [9.17, 15) is 14.4 Å². The first-order valence-electron chi connectivity index (χ1n) is 11.9. The number of ether oxygens (including phenoxy) is 1. The fraction of sp³-hybridized carbons (Fsp3) is 0.792. The first kappa shape index (κ1) is 25.1. The van der Waals surface area contributed by atoms with Crippen LogP contribution in [0.3, 0.4) is 0 Å². The van der Waals surface area contributed by atoms with E-state index in [1.807, 2.05) is 13.8 Å². The Labute approximate surface area is 195 Å². The summed E-state index contributed by atoms with van der Waals surface area (Å²) in [4.78, 5) is 44.3. The molecule has 3 aliphatic heterocycles. The lowest BCUT2D eigenvalue weighted by molar-refractivity contribution is -0.155. The monoisotopic (exact) mass is 466 g/mol. The predicted octanol–water partition coefficient (Wildman–Crippen LogP) is 2.62. The highest BCUT2D eigenvalue weighted by molar-refractivity contribution is 8.02. The predicted molar refractivity (Wildman–Crippen MR) is 125 cm³/mol. The van der Waals surface area contributed by atoms with Gasteiger partial charge >= 0.3 is 5.97 Å². The van der Waals surface area contributed by atoms with Gasteiger partial charge in [0.15, 0.2) is 0 Å². The van der Waals surface area contributed by atoms with Gasteiger partial charge in [-0.1, -0.05) is 6.08 Å². The van der Waals surface area contributed by atoms with Crippen molar-refractivity contribution in [2.45, 2.75) is 81.4 Å². The molecule has 0 aliphatic carbocycles. The average Bonchev–Trinajstić information content (AvgIpc) is 3.30. The minimum Gasteiger partial charge on any atom is -0.466 e. The van der Waals surface area contributed by atoms with Crippen LogP contribution >= 0.6 is 11.8 Å². The maximum atomic E-state index is 14.0.